The van der Waals surface area contributed by atoms with Crippen LogP contribution in [-0.2, 0) is 6.54 Å². The summed E-state index contributed by atoms with van der Waals surface area (Å²) in [5.74, 6) is 0.462. The summed E-state index contributed by atoms with van der Waals surface area (Å²) >= 11 is 1.78. The van der Waals surface area contributed by atoms with Gasteiger partial charge in [0.25, 0.3) is 0 Å². The molecule has 2 heterocycles. The second-order valence-corrected chi connectivity index (χ2v) is 6.79. The third-order valence-electron chi connectivity index (χ3n) is 3.58. The molecule has 1 fully saturated rings. The third-order valence-corrected chi connectivity index (χ3v) is 4.70. The average molecular weight is 253 g/mol. The second kappa shape index (κ2) is 4.58. The second-order valence-electron chi connectivity index (χ2n) is 5.73. The molecule has 3 nitrogen and oxygen atoms in total. The molecule has 0 aromatic carbocycles. The Morgan fingerprint density at radius 3 is 2.59 bits per heavy atom. The van der Waals surface area contributed by atoms with Crippen LogP contribution in [0, 0.1) is 0 Å². The SMILES string of the molecule is CC(C)c1nc(N2CCCC2(C)C)sc1CN. The van der Waals surface area contributed by atoms with E-state index in [1.807, 2.05) is 0 Å². The maximum atomic E-state index is 5.82. The minimum absolute atomic E-state index is 0.248. The van der Waals surface area contributed by atoms with Gasteiger partial charge in [0.05, 0.1) is 5.69 Å². The Labute approximate surface area is 108 Å². The molecule has 1 aliphatic heterocycles. The quantitative estimate of drug-likeness (QED) is 0.900. The van der Waals surface area contributed by atoms with Crippen molar-refractivity contribution in [2.24, 2.45) is 5.73 Å². The van der Waals surface area contributed by atoms with Crippen LogP contribution in [0.3, 0.4) is 0 Å². The van der Waals surface area contributed by atoms with Gasteiger partial charge < -0.3 is 10.6 Å². The zero-order valence-electron chi connectivity index (χ0n) is 11.3. The molecule has 1 saturated heterocycles. The van der Waals surface area contributed by atoms with E-state index in [0.29, 0.717) is 12.5 Å². The zero-order chi connectivity index (χ0) is 12.6. The van der Waals surface area contributed by atoms with Crippen LogP contribution in [0.4, 0.5) is 5.13 Å². The first-order valence-electron chi connectivity index (χ1n) is 6.43. The summed E-state index contributed by atoms with van der Waals surface area (Å²) in [6.45, 7) is 10.7. The highest BCUT2D eigenvalue weighted by atomic mass is 32.1. The lowest BCUT2D eigenvalue weighted by Crippen LogP contribution is -2.38. The van der Waals surface area contributed by atoms with E-state index in [2.05, 4.69) is 32.6 Å². The summed E-state index contributed by atoms with van der Waals surface area (Å²) in [5.41, 5.74) is 7.26. The minimum atomic E-state index is 0.248. The van der Waals surface area contributed by atoms with Crippen LogP contribution in [0.5, 0.6) is 0 Å². The molecule has 0 saturated carbocycles. The molecule has 4 heteroatoms. The lowest BCUT2D eigenvalue weighted by molar-refractivity contribution is 0.516. The highest BCUT2D eigenvalue weighted by molar-refractivity contribution is 7.15. The van der Waals surface area contributed by atoms with Gasteiger partial charge >= 0.3 is 0 Å². The van der Waals surface area contributed by atoms with Crippen molar-refractivity contribution in [2.45, 2.75) is 58.5 Å². The number of anilines is 1. The van der Waals surface area contributed by atoms with Crippen LogP contribution >= 0.6 is 11.3 Å². The summed E-state index contributed by atoms with van der Waals surface area (Å²) in [6.07, 6.45) is 2.52. The predicted octanol–water partition coefficient (Wildman–Crippen LogP) is 3.10. The Balaban J connectivity index is 2.33. The Hall–Kier alpha value is -0.610. The Morgan fingerprint density at radius 2 is 2.18 bits per heavy atom. The molecular weight excluding hydrogens is 230 g/mol. The number of thiazole rings is 1. The number of nitrogens with two attached hydrogens (primary N) is 1. The van der Waals surface area contributed by atoms with Crippen LogP contribution in [0.25, 0.3) is 0 Å². The van der Waals surface area contributed by atoms with Crippen LogP contribution in [-0.4, -0.2) is 17.1 Å². The van der Waals surface area contributed by atoms with Crippen molar-refractivity contribution in [3.63, 3.8) is 0 Å². The Bertz CT molecular complexity index is 395. The van der Waals surface area contributed by atoms with Gasteiger partial charge in [-0.25, -0.2) is 4.98 Å². The molecule has 0 aliphatic carbocycles. The van der Waals surface area contributed by atoms with E-state index >= 15 is 0 Å². The third kappa shape index (κ3) is 2.33. The number of aromatic nitrogens is 1. The summed E-state index contributed by atoms with van der Waals surface area (Å²) in [5, 5.41) is 1.16. The molecule has 17 heavy (non-hydrogen) atoms. The van der Waals surface area contributed by atoms with E-state index in [4.69, 9.17) is 10.7 Å². The normalized spacial score (nSPS) is 19.3. The zero-order valence-corrected chi connectivity index (χ0v) is 12.1. The van der Waals surface area contributed by atoms with Gasteiger partial charge in [0.15, 0.2) is 5.13 Å². The highest BCUT2D eigenvalue weighted by Gasteiger charge is 2.34. The van der Waals surface area contributed by atoms with Crippen LogP contribution in [0.1, 0.15) is 57.0 Å². The molecule has 0 radical (unpaired) electrons. The number of nitrogens with zero attached hydrogens (tertiary/aromatic N) is 2. The van der Waals surface area contributed by atoms with Crippen molar-refractivity contribution in [1.82, 2.24) is 4.98 Å². The highest BCUT2D eigenvalue weighted by Crippen LogP contribution is 2.38. The lowest BCUT2D eigenvalue weighted by atomic mass is 10.0. The molecule has 0 bridgehead atoms. The van der Waals surface area contributed by atoms with E-state index < -0.39 is 0 Å². The summed E-state index contributed by atoms with van der Waals surface area (Å²) in [4.78, 5) is 8.52. The van der Waals surface area contributed by atoms with E-state index in [1.54, 1.807) is 11.3 Å². The molecular formula is C13H23N3S. The molecule has 1 aromatic heterocycles. The lowest BCUT2D eigenvalue weighted by Gasteiger charge is -2.31. The van der Waals surface area contributed by atoms with Gasteiger partial charge in [-0.2, -0.15) is 0 Å². The van der Waals surface area contributed by atoms with Crippen molar-refractivity contribution in [3.8, 4) is 0 Å². The number of hydrogen-bond acceptors (Lipinski definition) is 4. The van der Waals surface area contributed by atoms with Gasteiger partial charge in [-0.1, -0.05) is 13.8 Å². The van der Waals surface area contributed by atoms with Crippen molar-refractivity contribution in [1.29, 1.82) is 0 Å². The molecule has 0 spiro atoms. The van der Waals surface area contributed by atoms with Gasteiger partial charge in [-0.3, -0.25) is 0 Å². The molecule has 0 atom stereocenters. The summed E-state index contributed by atoms with van der Waals surface area (Å²) in [7, 11) is 0. The van der Waals surface area contributed by atoms with E-state index in [-0.39, 0.29) is 5.54 Å². The fraction of sp³-hybridized carbons (Fsp3) is 0.769. The molecule has 2 rings (SSSR count). The molecule has 0 unspecified atom stereocenters. The number of rotatable bonds is 3. The van der Waals surface area contributed by atoms with Gasteiger partial charge in [0.1, 0.15) is 0 Å². The van der Waals surface area contributed by atoms with E-state index in [1.165, 1.54) is 23.4 Å². The van der Waals surface area contributed by atoms with Gasteiger partial charge in [-0.05, 0) is 32.6 Å². The Morgan fingerprint density at radius 1 is 1.47 bits per heavy atom. The first kappa shape index (κ1) is 12.8. The molecule has 1 aliphatic rings. The smallest absolute Gasteiger partial charge is 0.186 e. The summed E-state index contributed by atoms with van der Waals surface area (Å²) in [6, 6.07) is 0. The monoisotopic (exact) mass is 253 g/mol. The first-order valence-corrected chi connectivity index (χ1v) is 7.24. The molecule has 2 N–H and O–H groups in total. The van der Waals surface area contributed by atoms with Crippen molar-refractivity contribution >= 4 is 16.5 Å². The standard InChI is InChI=1S/C13H23N3S/c1-9(2)11-10(8-14)17-12(15-11)16-7-5-6-13(16,3)4/h9H,5-8,14H2,1-4H3. The van der Waals surface area contributed by atoms with Gasteiger partial charge in [0.2, 0.25) is 0 Å². The minimum Gasteiger partial charge on any atom is -0.343 e. The fourth-order valence-electron chi connectivity index (χ4n) is 2.53. The molecule has 1 aromatic rings. The number of hydrogen-bond donors (Lipinski definition) is 1. The Kier molecular flexibility index (Phi) is 3.46. The maximum absolute atomic E-state index is 5.82. The average Bonchev–Trinajstić information content (AvgIpc) is 2.80. The van der Waals surface area contributed by atoms with Crippen LogP contribution < -0.4 is 10.6 Å². The van der Waals surface area contributed by atoms with Gasteiger partial charge in [-0.15, -0.1) is 11.3 Å². The maximum Gasteiger partial charge on any atom is 0.186 e. The van der Waals surface area contributed by atoms with Crippen molar-refractivity contribution in [2.75, 3.05) is 11.4 Å². The largest absolute Gasteiger partial charge is 0.343 e. The first-order chi connectivity index (χ1) is 7.95. The van der Waals surface area contributed by atoms with E-state index in [9.17, 15) is 0 Å². The van der Waals surface area contributed by atoms with Crippen molar-refractivity contribution < 1.29 is 0 Å². The van der Waals surface area contributed by atoms with Crippen LogP contribution in [0.2, 0.25) is 0 Å². The van der Waals surface area contributed by atoms with Crippen molar-refractivity contribution in [3.05, 3.63) is 10.6 Å². The van der Waals surface area contributed by atoms with Gasteiger partial charge in [0, 0.05) is 23.5 Å². The van der Waals surface area contributed by atoms with Crippen LogP contribution in [0.15, 0.2) is 0 Å². The molecule has 0 amide bonds. The fourth-order valence-corrected chi connectivity index (χ4v) is 3.81. The topological polar surface area (TPSA) is 42.2 Å². The molecule has 96 valence electrons. The summed E-state index contributed by atoms with van der Waals surface area (Å²) < 4.78 is 0. The predicted molar refractivity (Wildman–Crippen MR) is 74.8 cm³/mol. The van der Waals surface area contributed by atoms with E-state index in [0.717, 1.165) is 11.7 Å².